The van der Waals surface area contributed by atoms with E-state index in [1.807, 2.05) is 11.3 Å². The first-order valence-electron chi connectivity index (χ1n) is 7.60. The number of hydrogen-bond acceptors (Lipinski definition) is 2. The van der Waals surface area contributed by atoms with E-state index in [1.54, 1.807) is 0 Å². The third kappa shape index (κ3) is 3.94. The van der Waals surface area contributed by atoms with Crippen molar-refractivity contribution < 1.29 is 0 Å². The topological polar surface area (TPSA) is 12.0 Å². The molecule has 0 bridgehead atoms. The third-order valence-corrected chi connectivity index (χ3v) is 5.05. The van der Waals surface area contributed by atoms with Crippen molar-refractivity contribution in [2.75, 3.05) is 0 Å². The molecule has 0 radical (unpaired) electrons. The van der Waals surface area contributed by atoms with Gasteiger partial charge in [-0.1, -0.05) is 57.0 Å². The van der Waals surface area contributed by atoms with E-state index in [4.69, 9.17) is 0 Å². The Kier molecular flexibility index (Phi) is 5.81. The molecular formula is C18H25NS. The second-order valence-electron chi connectivity index (χ2n) is 5.41. The van der Waals surface area contributed by atoms with Crippen LogP contribution in [0.3, 0.4) is 0 Å². The van der Waals surface area contributed by atoms with Gasteiger partial charge in [0.1, 0.15) is 0 Å². The lowest BCUT2D eigenvalue weighted by Gasteiger charge is -2.22. The zero-order chi connectivity index (χ0) is 14.4. The summed E-state index contributed by atoms with van der Waals surface area (Å²) in [5, 5.41) is 5.93. The molecule has 20 heavy (non-hydrogen) atoms. The van der Waals surface area contributed by atoms with Crippen molar-refractivity contribution in [1.82, 2.24) is 5.32 Å². The van der Waals surface area contributed by atoms with Crippen molar-refractivity contribution in [2.45, 2.75) is 46.2 Å². The molecule has 0 aliphatic carbocycles. The van der Waals surface area contributed by atoms with E-state index in [1.165, 1.54) is 28.8 Å². The van der Waals surface area contributed by atoms with Crippen molar-refractivity contribution in [3.8, 4) is 11.1 Å². The minimum absolute atomic E-state index is 0.590. The minimum atomic E-state index is 0.590. The zero-order valence-electron chi connectivity index (χ0n) is 12.7. The molecule has 0 fully saturated rings. The van der Waals surface area contributed by atoms with Gasteiger partial charge in [0, 0.05) is 17.5 Å². The standard InChI is InChI=1S/C18H25NS/c1-4-15(5-2)14(3)19-12-18-11-17(13-20-18)16-9-7-6-8-10-16/h6-11,13-15,19H,4-5,12H2,1-3H3. The molecule has 1 N–H and O–H groups in total. The minimum Gasteiger partial charge on any atom is -0.309 e. The number of thiophene rings is 1. The lowest BCUT2D eigenvalue weighted by atomic mass is 9.95. The summed E-state index contributed by atoms with van der Waals surface area (Å²) in [6.45, 7) is 7.86. The fourth-order valence-corrected chi connectivity index (χ4v) is 3.52. The van der Waals surface area contributed by atoms with E-state index >= 15 is 0 Å². The molecule has 2 aromatic rings. The van der Waals surface area contributed by atoms with Crippen LogP contribution < -0.4 is 5.32 Å². The molecular weight excluding hydrogens is 262 g/mol. The van der Waals surface area contributed by atoms with E-state index in [9.17, 15) is 0 Å². The van der Waals surface area contributed by atoms with Crippen LogP contribution in [0, 0.1) is 5.92 Å². The Morgan fingerprint density at radius 3 is 2.40 bits per heavy atom. The summed E-state index contributed by atoms with van der Waals surface area (Å²) in [7, 11) is 0. The van der Waals surface area contributed by atoms with Crippen LogP contribution >= 0.6 is 11.3 Å². The zero-order valence-corrected chi connectivity index (χ0v) is 13.5. The molecule has 2 heteroatoms. The van der Waals surface area contributed by atoms with Gasteiger partial charge in [-0.25, -0.2) is 0 Å². The predicted octanol–water partition coefficient (Wildman–Crippen LogP) is 5.33. The van der Waals surface area contributed by atoms with Gasteiger partial charge < -0.3 is 5.32 Å². The van der Waals surface area contributed by atoms with E-state index in [-0.39, 0.29) is 0 Å². The molecule has 0 saturated carbocycles. The van der Waals surface area contributed by atoms with Crippen molar-refractivity contribution in [2.24, 2.45) is 5.92 Å². The normalized spacial score (nSPS) is 12.8. The van der Waals surface area contributed by atoms with E-state index in [2.05, 4.69) is 67.9 Å². The van der Waals surface area contributed by atoms with Gasteiger partial charge in [0.05, 0.1) is 0 Å². The average Bonchev–Trinajstić information content (AvgIpc) is 2.96. The van der Waals surface area contributed by atoms with Gasteiger partial charge in [0.25, 0.3) is 0 Å². The Balaban J connectivity index is 1.94. The number of nitrogens with one attached hydrogen (secondary N) is 1. The molecule has 0 amide bonds. The van der Waals surface area contributed by atoms with Gasteiger partial charge in [0.15, 0.2) is 0 Å². The van der Waals surface area contributed by atoms with Gasteiger partial charge in [-0.3, -0.25) is 0 Å². The summed E-state index contributed by atoms with van der Waals surface area (Å²) in [6.07, 6.45) is 2.51. The highest BCUT2D eigenvalue weighted by Gasteiger charge is 2.13. The van der Waals surface area contributed by atoms with Crippen LogP contribution in [-0.2, 0) is 6.54 Å². The summed E-state index contributed by atoms with van der Waals surface area (Å²) < 4.78 is 0. The Hall–Kier alpha value is -1.12. The number of rotatable bonds is 7. The van der Waals surface area contributed by atoms with Gasteiger partial charge >= 0.3 is 0 Å². The van der Waals surface area contributed by atoms with Gasteiger partial charge in [-0.2, -0.15) is 0 Å². The van der Waals surface area contributed by atoms with Crippen LogP contribution in [0.15, 0.2) is 41.8 Å². The predicted molar refractivity (Wildman–Crippen MR) is 90.1 cm³/mol. The Labute approximate surface area is 127 Å². The average molecular weight is 287 g/mol. The maximum Gasteiger partial charge on any atom is 0.0302 e. The summed E-state index contributed by atoms with van der Waals surface area (Å²) in [6, 6.07) is 13.5. The largest absolute Gasteiger partial charge is 0.309 e. The summed E-state index contributed by atoms with van der Waals surface area (Å²) in [4.78, 5) is 1.42. The maximum absolute atomic E-state index is 3.68. The molecule has 1 unspecified atom stereocenters. The smallest absolute Gasteiger partial charge is 0.0302 e. The Morgan fingerprint density at radius 2 is 1.75 bits per heavy atom. The highest BCUT2D eigenvalue weighted by molar-refractivity contribution is 7.10. The molecule has 0 spiro atoms. The van der Waals surface area contributed by atoms with E-state index < -0.39 is 0 Å². The molecule has 2 rings (SSSR count). The quantitative estimate of drug-likeness (QED) is 0.726. The molecule has 1 nitrogen and oxygen atoms in total. The molecule has 1 aromatic carbocycles. The molecule has 1 aromatic heterocycles. The first kappa shape index (κ1) is 15.3. The van der Waals surface area contributed by atoms with Gasteiger partial charge in [0.2, 0.25) is 0 Å². The number of hydrogen-bond donors (Lipinski definition) is 1. The van der Waals surface area contributed by atoms with Crippen molar-refractivity contribution >= 4 is 11.3 Å². The molecule has 1 atom stereocenters. The van der Waals surface area contributed by atoms with Crippen LogP contribution in [0.4, 0.5) is 0 Å². The summed E-state index contributed by atoms with van der Waals surface area (Å²) in [5.74, 6) is 0.781. The van der Waals surface area contributed by atoms with Crippen molar-refractivity contribution in [3.63, 3.8) is 0 Å². The summed E-state index contributed by atoms with van der Waals surface area (Å²) in [5.41, 5.74) is 2.64. The monoisotopic (exact) mass is 287 g/mol. The fourth-order valence-electron chi connectivity index (χ4n) is 2.68. The summed E-state index contributed by atoms with van der Waals surface area (Å²) >= 11 is 1.85. The van der Waals surface area contributed by atoms with Gasteiger partial charge in [-0.05, 0) is 35.4 Å². The molecule has 1 heterocycles. The molecule has 0 aliphatic heterocycles. The first-order chi connectivity index (χ1) is 9.74. The Bertz CT molecular complexity index is 499. The van der Waals surface area contributed by atoms with Crippen LogP contribution in [-0.4, -0.2) is 6.04 Å². The molecule has 108 valence electrons. The van der Waals surface area contributed by atoms with Crippen molar-refractivity contribution in [3.05, 3.63) is 46.7 Å². The molecule has 0 aliphatic rings. The lowest BCUT2D eigenvalue weighted by molar-refractivity contribution is 0.354. The van der Waals surface area contributed by atoms with Gasteiger partial charge in [-0.15, -0.1) is 11.3 Å². The first-order valence-corrected chi connectivity index (χ1v) is 8.48. The fraction of sp³-hybridized carbons (Fsp3) is 0.444. The van der Waals surface area contributed by atoms with E-state index in [0.29, 0.717) is 6.04 Å². The second kappa shape index (κ2) is 7.61. The van der Waals surface area contributed by atoms with Crippen LogP contribution in [0.25, 0.3) is 11.1 Å². The highest BCUT2D eigenvalue weighted by Crippen LogP contribution is 2.25. The van der Waals surface area contributed by atoms with Crippen LogP contribution in [0.5, 0.6) is 0 Å². The lowest BCUT2D eigenvalue weighted by Crippen LogP contribution is -2.32. The molecule has 0 saturated heterocycles. The Morgan fingerprint density at radius 1 is 1.05 bits per heavy atom. The van der Waals surface area contributed by atoms with Crippen LogP contribution in [0.2, 0.25) is 0 Å². The second-order valence-corrected chi connectivity index (χ2v) is 6.41. The van der Waals surface area contributed by atoms with Crippen molar-refractivity contribution in [1.29, 1.82) is 0 Å². The highest BCUT2D eigenvalue weighted by atomic mass is 32.1. The van der Waals surface area contributed by atoms with Crippen LogP contribution in [0.1, 0.15) is 38.5 Å². The number of benzene rings is 1. The van der Waals surface area contributed by atoms with E-state index in [0.717, 1.165) is 12.5 Å². The maximum atomic E-state index is 3.68. The third-order valence-electron chi connectivity index (χ3n) is 4.12. The SMILES string of the molecule is CCC(CC)C(C)NCc1cc(-c2ccccc2)cs1.